The van der Waals surface area contributed by atoms with Crippen LogP contribution >= 0.6 is 0 Å². The second-order valence-electron chi connectivity index (χ2n) is 7.96. The van der Waals surface area contributed by atoms with Gasteiger partial charge >= 0.3 is 0 Å². The molecule has 2 aliphatic heterocycles. The van der Waals surface area contributed by atoms with E-state index in [9.17, 15) is 19.2 Å². The summed E-state index contributed by atoms with van der Waals surface area (Å²) in [4.78, 5) is 52.3. The molecule has 28 heavy (non-hydrogen) atoms. The third kappa shape index (κ3) is 3.30. The first-order chi connectivity index (χ1) is 13.5. The smallest absolute Gasteiger partial charge is 0.244 e. The first-order valence-corrected chi connectivity index (χ1v) is 10.0. The lowest BCUT2D eigenvalue weighted by Gasteiger charge is -2.19. The Bertz CT molecular complexity index is 826. The van der Waals surface area contributed by atoms with Crippen LogP contribution in [0.5, 0.6) is 0 Å². The molecule has 1 aromatic rings. The zero-order chi connectivity index (χ0) is 19.8. The highest BCUT2D eigenvalue weighted by Gasteiger charge is 2.48. The molecule has 2 atom stereocenters. The first-order valence-electron chi connectivity index (χ1n) is 10.0. The van der Waals surface area contributed by atoms with E-state index in [1.807, 2.05) is 19.1 Å². The van der Waals surface area contributed by atoms with Gasteiger partial charge in [0.2, 0.25) is 23.6 Å². The highest BCUT2D eigenvalue weighted by atomic mass is 16.2. The standard InChI is InChI=1S/C21H25N3O4/c1-13-11-14(8-9-17(13)23-10-4-7-19(23)26)22-18(25)12-24-20(27)15-5-2-3-6-16(15)21(24)28/h8-9,11,15-16H,2-7,10,12H2,1H3,(H,22,25)/t15-,16+. The van der Waals surface area contributed by atoms with Crippen LogP contribution in [0.2, 0.25) is 0 Å². The topological polar surface area (TPSA) is 86.8 Å². The maximum Gasteiger partial charge on any atom is 0.244 e. The number of fused-ring (bicyclic) bond motifs is 1. The minimum atomic E-state index is -0.384. The monoisotopic (exact) mass is 383 g/mol. The second-order valence-corrected chi connectivity index (χ2v) is 7.96. The molecule has 148 valence electrons. The molecule has 7 heteroatoms. The van der Waals surface area contributed by atoms with E-state index in [0.717, 1.165) is 48.3 Å². The number of hydrogen-bond donors (Lipinski definition) is 1. The molecule has 0 spiro atoms. The summed E-state index contributed by atoms with van der Waals surface area (Å²) >= 11 is 0. The van der Waals surface area contributed by atoms with Crippen LogP contribution in [0.4, 0.5) is 11.4 Å². The van der Waals surface area contributed by atoms with E-state index in [0.29, 0.717) is 18.7 Å². The summed E-state index contributed by atoms with van der Waals surface area (Å²) in [6, 6.07) is 5.39. The number of aryl methyl sites for hydroxylation is 1. The average molecular weight is 383 g/mol. The van der Waals surface area contributed by atoms with Gasteiger partial charge in [0.15, 0.2) is 0 Å². The van der Waals surface area contributed by atoms with Crippen molar-refractivity contribution in [3.63, 3.8) is 0 Å². The number of nitrogens with one attached hydrogen (secondary N) is 1. The number of nitrogens with zero attached hydrogens (tertiary/aromatic N) is 2. The molecule has 0 bridgehead atoms. The number of anilines is 2. The van der Waals surface area contributed by atoms with Gasteiger partial charge in [0, 0.05) is 24.3 Å². The highest BCUT2D eigenvalue weighted by molar-refractivity contribution is 6.08. The van der Waals surface area contributed by atoms with E-state index in [1.54, 1.807) is 11.0 Å². The fourth-order valence-electron chi connectivity index (χ4n) is 4.67. The van der Waals surface area contributed by atoms with Crippen molar-refractivity contribution >= 4 is 35.0 Å². The normalized spacial score (nSPS) is 24.7. The molecule has 1 N–H and O–H groups in total. The number of imide groups is 1. The van der Waals surface area contributed by atoms with Crippen LogP contribution in [-0.2, 0) is 19.2 Å². The lowest BCUT2D eigenvalue weighted by molar-refractivity contribution is -0.142. The molecule has 1 aromatic carbocycles. The largest absolute Gasteiger partial charge is 0.325 e. The van der Waals surface area contributed by atoms with E-state index in [-0.39, 0.29) is 42.0 Å². The minimum Gasteiger partial charge on any atom is -0.325 e. The summed E-state index contributed by atoms with van der Waals surface area (Å²) < 4.78 is 0. The fraction of sp³-hybridized carbons (Fsp3) is 0.524. The van der Waals surface area contributed by atoms with Gasteiger partial charge in [0.05, 0.1) is 11.8 Å². The zero-order valence-corrected chi connectivity index (χ0v) is 16.1. The molecule has 0 radical (unpaired) electrons. The number of likely N-dealkylation sites (tertiary alicyclic amines) is 1. The van der Waals surface area contributed by atoms with E-state index in [4.69, 9.17) is 0 Å². The van der Waals surface area contributed by atoms with E-state index >= 15 is 0 Å². The average Bonchev–Trinajstić information content (AvgIpc) is 3.19. The molecule has 2 saturated heterocycles. The highest BCUT2D eigenvalue weighted by Crippen LogP contribution is 2.38. The predicted octanol–water partition coefficient (Wildman–Crippen LogP) is 2.24. The van der Waals surface area contributed by atoms with Gasteiger partial charge < -0.3 is 10.2 Å². The van der Waals surface area contributed by atoms with Crippen LogP contribution in [-0.4, -0.2) is 41.6 Å². The Labute approximate surface area is 164 Å². The summed E-state index contributed by atoms with van der Waals surface area (Å²) in [6.07, 6.45) is 4.83. The Morgan fingerprint density at radius 1 is 1.07 bits per heavy atom. The number of carbonyl (C=O) groups is 4. The maximum atomic E-state index is 12.5. The van der Waals surface area contributed by atoms with Crippen molar-refractivity contribution in [2.24, 2.45) is 11.8 Å². The van der Waals surface area contributed by atoms with Crippen LogP contribution < -0.4 is 10.2 Å². The molecular formula is C21H25N3O4. The van der Waals surface area contributed by atoms with Gasteiger partial charge in [0.25, 0.3) is 0 Å². The summed E-state index contributed by atoms with van der Waals surface area (Å²) in [5.41, 5.74) is 2.34. The molecule has 3 aliphatic rings. The van der Waals surface area contributed by atoms with Crippen LogP contribution in [0.3, 0.4) is 0 Å². The Morgan fingerprint density at radius 3 is 2.32 bits per heavy atom. The van der Waals surface area contributed by atoms with E-state index in [1.165, 1.54) is 0 Å². The van der Waals surface area contributed by atoms with Crippen molar-refractivity contribution in [2.45, 2.75) is 45.4 Å². The van der Waals surface area contributed by atoms with E-state index < -0.39 is 0 Å². The lowest BCUT2D eigenvalue weighted by atomic mass is 9.81. The number of hydrogen-bond acceptors (Lipinski definition) is 4. The third-order valence-electron chi connectivity index (χ3n) is 6.08. The molecule has 4 amide bonds. The first kappa shape index (κ1) is 18.7. The number of carbonyl (C=O) groups excluding carboxylic acids is 4. The molecule has 1 saturated carbocycles. The Morgan fingerprint density at radius 2 is 1.75 bits per heavy atom. The predicted molar refractivity (Wildman–Crippen MR) is 104 cm³/mol. The van der Waals surface area contributed by atoms with Gasteiger partial charge in [-0.2, -0.15) is 0 Å². The van der Waals surface area contributed by atoms with Crippen molar-refractivity contribution in [3.8, 4) is 0 Å². The molecule has 2 heterocycles. The Balaban J connectivity index is 1.41. The third-order valence-corrected chi connectivity index (χ3v) is 6.08. The Kier molecular flexibility index (Phi) is 4.91. The quantitative estimate of drug-likeness (QED) is 0.808. The van der Waals surface area contributed by atoms with Gasteiger partial charge in [-0.1, -0.05) is 12.8 Å². The van der Waals surface area contributed by atoms with Gasteiger partial charge in [-0.25, -0.2) is 0 Å². The summed E-state index contributed by atoms with van der Waals surface area (Å²) in [7, 11) is 0. The molecule has 0 unspecified atom stereocenters. The maximum absolute atomic E-state index is 12.5. The van der Waals surface area contributed by atoms with Crippen LogP contribution in [0.1, 0.15) is 44.1 Å². The van der Waals surface area contributed by atoms with Crippen molar-refractivity contribution in [1.29, 1.82) is 0 Å². The van der Waals surface area contributed by atoms with Gasteiger partial charge in [-0.15, -0.1) is 0 Å². The SMILES string of the molecule is Cc1cc(NC(=O)CN2C(=O)[C@H]3CCCC[C@H]3C2=O)ccc1N1CCCC1=O. The summed E-state index contributed by atoms with van der Waals surface area (Å²) in [5, 5.41) is 2.77. The number of rotatable bonds is 4. The van der Waals surface area contributed by atoms with Gasteiger partial charge in [-0.05, 0) is 49.9 Å². The number of benzene rings is 1. The van der Waals surface area contributed by atoms with Crippen molar-refractivity contribution < 1.29 is 19.2 Å². The molecule has 3 fully saturated rings. The molecular weight excluding hydrogens is 358 g/mol. The van der Waals surface area contributed by atoms with Crippen LogP contribution in [0, 0.1) is 18.8 Å². The molecule has 7 nitrogen and oxygen atoms in total. The number of amides is 4. The van der Waals surface area contributed by atoms with Crippen molar-refractivity contribution in [1.82, 2.24) is 4.90 Å². The van der Waals surface area contributed by atoms with Gasteiger partial charge in [0.1, 0.15) is 6.54 Å². The van der Waals surface area contributed by atoms with E-state index in [2.05, 4.69) is 5.32 Å². The molecule has 0 aromatic heterocycles. The summed E-state index contributed by atoms with van der Waals surface area (Å²) in [5.74, 6) is -1.16. The van der Waals surface area contributed by atoms with Crippen molar-refractivity contribution in [2.75, 3.05) is 23.3 Å². The summed E-state index contributed by atoms with van der Waals surface area (Å²) in [6.45, 7) is 2.37. The molecule has 4 rings (SSSR count). The minimum absolute atomic E-state index is 0.118. The fourth-order valence-corrected chi connectivity index (χ4v) is 4.67. The van der Waals surface area contributed by atoms with Gasteiger partial charge in [-0.3, -0.25) is 24.1 Å². The second kappa shape index (κ2) is 7.37. The Hall–Kier alpha value is -2.70. The van der Waals surface area contributed by atoms with Crippen molar-refractivity contribution in [3.05, 3.63) is 23.8 Å². The van der Waals surface area contributed by atoms with Crippen LogP contribution in [0.15, 0.2) is 18.2 Å². The lowest BCUT2D eigenvalue weighted by Crippen LogP contribution is -2.38. The van der Waals surface area contributed by atoms with Crippen LogP contribution in [0.25, 0.3) is 0 Å². The molecule has 1 aliphatic carbocycles. The zero-order valence-electron chi connectivity index (χ0n) is 16.1.